The van der Waals surface area contributed by atoms with Crippen LogP contribution in [0.4, 0.5) is 20.6 Å². The minimum atomic E-state index is -1.63. The van der Waals surface area contributed by atoms with Crippen molar-refractivity contribution in [2.75, 3.05) is 11.9 Å². The maximum Gasteiger partial charge on any atom is 0.411 e. The Morgan fingerprint density at radius 3 is 2.19 bits per heavy atom. The van der Waals surface area contributed by atoms with Crippen molar-refractivity contribution in [3.63, 3.8) is 0 Å². The molecule has 0 bridgehead atoms. The third-order valence-electron chi connectivity index (χ3n) is 5.08. The minimum Gasteiger partial charge on any atom is -0.478 e. The quantitative estimate of drug-likeness (QED) is 0.451. The van der Waals surface area contributed by atoms with Crippen LogP contribution in [0.5, 0.6) is 0 Å². The zero-order valence-electron chi connectivity index (χ0n) is 15.9. The molecule has 0 atom stereocenters. The van der Waals surface area contributed by atoms with Gasteiger partial charge in [0.2, 0.25) is 0 Å². The van der Waals surface area contributed by atoms with E-state index in [0.29, 0.717) is 12.1 Å². The number of hydrogen-bond donors (Lipinski definition) is 2. The molecule has 4 rings (SSSR count). The van der Waals surface area contributed by atoms with Crippen LogP contribution in [0.1, 0.15) is 27.4 Å². The molecule has 0 saturated heterocycles. The van der Waals surface area contributed by atoms with E-state index in [1.165, 1.54) is 0 Å². The van der Waals surface area contributed by atoms with Gasteiger partial charge in [0.15, 0.2) is 0 Å². The van der Waals surface area contributed by atoms with E-state index in [0.717, 1.165) is 22.3 Å². The fraction of sp³-hybridized carbons (Fsp3) is 0.0909. The largest absolute Gasteiger partial charge is 0.478 e. The lowest BCUT2D eigenvalue weighted by Crippen LogP contribution is -2.20. The van der Waals surface area contributed by atoms with Gasteiger partial charge in [0.05, 0.1) is 16.6 Å². The Labute approximate surface area is 175 Å². The molecule has 1 amide bonds. The molecule has 3 aromatic rings. The fourth-order valence-corrected chi connectivity index (χ4v) is 3.77. The molecule has 3 aromatic carbocycles. The third-order valence-corrected chi connectivity index (χ3v) is 5.08. The molecule has 0 aliphatic heterocycles. The number of carbonyl (C=O) groups is 2. The number of benzene rings is 3. The van der Waals surface area contributed by atoms with Crippen LogP contribution in [0.2, 0.25) is 0 Å². The number of fused-ring (bicyclic) bond motifs is 3. The average molecular weight is 422 g/mol. The second-order valence-electron chi connectivity index (χ2n) is 6.86. The number of carboxylic acid groups (broad SMARTS) is 1. The van der Waals surface area contributed by atoms with Crippen molar-refractivity contribution in [3.05, 3.63) is 93.3 Å². The lowest BCUT2D eigenvalue weighted by Gasteiger charge is -2.15. The van der Waals surface area contributed by atoms with E-state index in [9.17, 15) is 29.2 Å². The molecule has 9 heteroatoms. The number of nitrogens with zero attached hydrogens (tertiary/aromatic N) is 1. The highest BCUT2D eigenvalue weighted by Gasteiger charge is 2.30. The van der Waals surface area contributed by atoms with Gasteiger partial charge in [-0.05, 0) is 28.3 Å². The molecule has 0 aromatic heterocycles. The lowest BCUT2D eigenvalue weighted by molar-refractivity contribution is -0.384. The summed E-state index contributed by atoms with van der Waals surface area (Å²) in [6.45, 7) is -0.0722. The van der Waals surface area contributed by atoms with E-state index in [1.54, 1.807) is 0 Å². The Morgan fingerprint density at radius 2 is 1.65 bits per heavy atom. The van der Waals surface area contributed by atoms with E-state index < -0.39 is 39.7 Å². The molecule has 1 aliphatic carbocycles. The summed E-state index contributed by atoms with van der Waals surface area (Å²) in [6, 6.07) is 16.5. The molecular formula is C22H15FN2O6. The van der Waals surface area contributed by atoms with Crippen LogP contribution in [0.25, 0.3) is 11.1 Å². The topological polar surface area (TPSA) is 119 Å². The molecule has 0 fully saturated rings. The number of ether oxygens (including phenoxy) is 1. The van der Waals surface area contributed by atoms with Gasteiger partial charge in [-0.15, -0.1) is 0 Å². The Hall–Kier alpha value is -4.27. The SMILES string of the molecule is O=C(Nc1c(C(=O)O)cc(F)cc1[N+](=O)[O-])OCC1c2ccccc2-c2ccccc21. The van der Waals surface area contributed by atoms with Gasteiger partial charge in [0.25, 0.3) is 5.69 Å². The zero-order chi connectivity index (χ0) is 22.1. The van der Waals surface area contributed by atoms with Crippen molar-refractivity contribution in [3.8, 4) is 11.1 Å². The monoisotopic (exact) mass is 422 g/mol. The lowest BCUT2D eigenvalue weighted by atomic mass is 9.98. The maximum atomic E-state index is 13.6. The second-order valence-corrected chi connectivity index (χ2v) is 6.86. The summed E-state index contributed by atoms with van der Waals surface area (Å²) in [7, 11) is 0. The average Bonchev–Trinajstić information content (AvgIpc) is 3.06. The molecule has 1 aliphatic rings. The van der Waals surface area contributed by atoms with E-state index in [1.807, 2.05) is 48.5 Å². The molecule has 0 spiro atoms. The first-order chi connectivity index (χ1) is 14.9. The Balaban J connectivity index is 1.58. The Bertz CT molecular complexity index is 1150. The van der Waals surface area contributed by atoms with Gasteiger partial charge in [-0.3, -0.25) is 15.4 Å². The van der Waals surface area contributed by atoms with Crippen molar-refractivity contribution < 1.29 is 28.7 Å². The number of carbonyl (C=O) groups excluding carboxylic acids is 1. The number of nitro benzene ring substituents is 1. The Kier molecular flexibility index (Phi) is 5.08. The number of aromatic carboxylic acids is 1. The maximum absolute atomic E-state index is 13.6. The van der Waals surface area contributed by atoms with Crippen LogP contribution in [-0.2, 0) is 4.74 Å². The number of anilines is 1. The number of hydrogen-bond acceptors (Lipinski definition) is 5. The van der Waals surface area contributed by atoms with E-state index in [2.05, 4.69) is 5.32 Å². The number of nitro groups is 1. The summed E-state index contributed by atoms with van der Waals surface area (Å²) in [5.41, 5.74) is 1.71. The highest BCUT2D eigenvalue weighted by molar-refractivity contribution is 6.01. The number of rotatable bonds is 5. The summed E-state index contributed by atoms with van der Waals surface area (Å²) in [6.07, 6.45) is -1.08. The van der Waals surface area contributed by atoms with Crippen molar-refractivity contribution in [2.24, 2.45) is 0 Å². The molecular weight excluding hydrogens is 407 g/mol. The van der Waals surface area contributed by atoms with Crippen molar-refractivity contribution in [1.29, 1.82) is 0 Å². The summed E-state index contributed by atoms with van der Waals surface area (Å²) >= 11 is 0. The molecule has 156 valence electrons. The van der Waals surface area contributed by atoms with Gasteiger partial charge in [-0.2, -0.15) is 0 Å². The summed E-state index contributed by atoms with van der Waals surface area (Å²) in [5.74, 6) is -2.99. The second kappa shape index (κ2) is 7.86. The predicted octanol–water partition coefficient (Wildman–Crippen LogP) is 4.79. The van der Waals surface area contributed by atoms with Gasteiger partial charge in [0.1, 0.15) is 18.1 Å². The van der Waals surface area contributed by atoms with Crippen LogP contribution in [0.3, 0.4) is 0 Å². The van der Waals surface area contributed by atoms with Gasteiger partial charge >= 0.3 is 12.1 Å². The molecule has 8 nitrogen and oxygen atoms in total. The summed E-state index contributed by atoms with van der Waals surface area (Å²) in [4.78, 5) is 34.0. The highest BCUT2D eigenvalue weighted by atomic mass is 19.1. The molecule has 0 radical (unpaired) electrons. The molecule has 31 heavy (non-hydrogen) atoms. The molecule has 0 saturated carbocycles. The van der Waals surface area contributed by atoms with E-state index in [4.69, 9.17) is 4.74 Å². The first kappa shape index (κ1) is 20.0. The summed E-state index contributed by atoms with van der Waals surface area (Å²) < 4.78 is 18.9. The van der Waals surface area contributed by atoms with Crippen molar-refractivity contribution >= 4 is 23.4 Å². The smallest absolute Gasteiger partial charge is 0.411 e. The standard InChI is InChI=1S/C22H15FN2O6/c23-12-9-17(21(26)27)20(19(10-12)25(29)30)24-22(28)31-11-18-15-7-3-1-5-13(15)14-6-2-4-8-16(14)18/h1-10,18H,11H2,(H,24,28)(H,26,27). The van der Waals surface area contributed by atoms with Gasteiger partial charge in [-0.25, -0.2) is 14.0 Å². The Morgan fingerprint density at radius 1 is 1.06 bits per heavy atom. The van der Waals surface area contributed by atoms with Crippen molar-refractivity contribution in [1.82, 2.24) is 0 Å². The van der Waals surface area contributed by atoms with E-state index >= 15 is 0 Å². The number of nitrogens with one attached hydrogen (secondary N) is 1. The third kappa shape index (κ3) is 3.68. The molecule has 0 unspecified atom stereocenters. The van der Waals surface area contributed by atoms with Crippen LogP contribution in [0.15, 0.2) is 60.7 Å². The van der Waals surface area contributed by atoms with E-state index in [-0.39, 0.29) is 12.5 Å². The van der Waals surface area contributed by atoms with Crippen LogP contribution < -0.4 is 5.32 Å². The highest BCUT2D eigenvalue weighted by Crippen LogP contribution is 2.44. The number of amides is 1. The van der Waals surface area contributed by atoms with Gasteiger partial charge in [0, 0.05) is 5.92 Å². The van der Waals surface area contributed by atoms with Gasteiger partial charge < -0.3 is 9.84 Å². The van der Waals surface area contributed by atoms with Crippen LogP contribution >= 0.6 is 0 Å². The first-order valence-electron chi connectivity index (χ1n) is 9.20. The van der Waals surface area contributed by atoms with Crippen molar-refractivity contribution in [2.45, 2.75) is 5.92 Å². The summed E-state index contributed by atoms with van der Waals surface area (Å²) in [5, 5.41) is 22.6. The number of halogens is 1. The molecule has 0 heterocycles. The molecule has 2 N–H and O–H groups in total. The predicted molar refractivity (Wildman–Crippen MR) is 109 cm³/mol. The van der Waals surface area contributed by atoms with Crippen LogP contribution in [-0.4, -0.2) is 28.7 Å². The minimum absolute atomic E-state index is 0.0722. The normalized spacial score (nSPS) is 12.0. The van der Waals surface area contributed by atoms with Crippen LogP contribution in [0, 0.1) is 15.9 Å². The van der Waals surface area contributed by atoms with Gasteiger partial charge in [-0.1, -0.05) is 48.5 Å². The fourth-order valence-electron chi connectivity index (χ4n) is 3.77. The number of carboxylic acids is 1. The first-order valence-corrected chi connectivity index (χ1v) is 9.20. The zero-order valence-corrected chi connectivity index (χ0v) is 15.9.